The first-order valence-corrected chi connectivity index (χ1v) is 12.2. The van der Waals surface area contributed by atoms with Crippen molar-refractivity contribution in [3.05, 3.63) is 64.5 Å². The van der Waals surface area contributed by atoms with Gasteiger partial charge in [0.1, 0.15) is 12.4 Å². The van der Waals surface area contributed by atoms with E-state index in [1.165, 1.54) is 18.6 Å². The number of aromatic amines is 2. The van der Waals surface area contributed by atoms with Gasteiger partial charge in [-0.2, -0.15) is 5.10 Å². The highest BCUT2D eigenvalue weighted by Crippen LogP contribution is 2.38. The maximum absolute atomic E-state index is 13.5. The molecule has 0 bridgehead atoms. The minimum atomic E-state index is -0.873. The van der Waals surface area contributed by atoms with Crippen LogP contribution in [-0.2, 0) is 14.3 Å². The van der Waals surface area contributed by atoms with Gasteiger partial charge in [-0.1, -0.05) is 12.1 Å². The first kappa shape index (κ1) is 24.1. The fraction of sp³-hybridized carbons (Fsp3) is 0.370. The quantitative estimate of drug-likeness (QED) is 0.370. The lowest BCUT2D eigenvalue weighted by Crippen LogP contribution is -2.24. The van der Waals surface area contributed by atoms with E-state index in [1.54, 1.807) is 18.3 Å². The number of carboxylic acid groups (broad SMARTS) is 1. The van der Waals surface area contributed by atoms with Crippen LogP contribution in [0.2, 0.25) is 0 Å². The van der Waals surface area contributed by atoms with Crippen molar-refractivity contribution in [3.63, 3.8) is 0 Å². The summed E-state index contributed by atoms with van der Waals surface area (Å²) in [6.45, 7) is 1.22. The number of aromatic nitrogens is 3. The van der Waals surface area contributed by atoms with Crippen LogP contribution in [0.3, 0.4) is 0 Å². The number of nitrogens with one attached hydrogen (secondary N) is 2. The normalized spacial score (nSPS) is 16.5. The number of benzene rings is 2. The van der Waals surface area contributed by atoms with Gasteiger partial charge < -0.3 is 19.6 Å². The van der Waals surface area contributed by atoms with Crippen molar-refractivity contribution < 1.29 is 23.8 Å². The highest BCUT2D eigenvalue weighted by molar-refractivity contribution is 6.04. The zero-order valence-corrected chi connectivity index (χ0v) is 19.8. The van der Waals surface area contributed by atoms with Gasteiger partial charge in [-0.05, 0) is 67.3 Å². The average Bonchev–Trinajstić information content (AvgIpc) is 3.31. The van der Waals surface area contributed by atoms with Crippen molar-refractivity contribution in [1.29, 1.82) is 0 Å². The van der Waals surface area contributed by atoms with Crippen LogP contribution in [0.1, 0.15) is 43.7 Å². The standard InChI is InChI=1S/C21H18FN3O2.C6H10O3/c22-15-3-1-12(2-4-15)19-16-9-14-11-23-25-18(14)10-17(16)21(26)24-20(19)13-5-7-27-8-6-13;7-6(8)4-9-5-2-1-3-5/h1-4,9-11,13H,5-8H2,(H,23,25)(H,24,26);5H,1-4H2,(H,7,8). The van der Waals surface area contributed by atoms with Crippen LogP contribution in [0, 0.1) is 5.82 Å². The van der Waals surface area contributed by atoms with Gasteiger partial charge in [0.05, 0.1) is 17.8 Å². The zero-order valence-electron chi connectivity index (χ0n) is 19.8. The molecule has 2 aliphatic rings. The fourth-order valence-electron chi connectivity index (χ4n) is 4.73. The molecule has 2 fully saturated rings. The number of rotatable bonds is 5. The van der Waals surface area contributed by atoms with E-state index in [2.05, 4.69) is 15.2 Å². The van der Waals surface area contributed by atoms with Crippen molar-refractivity contribution >= 4 is 27.6 Å². The highest BCUT2D eigenvalue weighted by atomic mass is 19.1. The molecule has 1 aliphatic heterocycles. The lowest BCUT2D eigenvalue weighted by Gasteiger charge is -2.25. The molecule has 0 amide bonds. The number of hydrogen-bond donors (Lipinski definition) is 3. The first-order chi connectivity index (χ1) is 17.5. The van der Waals surface area contributed by atoms with Gasteiger partial charge in [-0.3, -0.25) is 9.89 Å². The van der Waals surface area contributed by atoms with Crippen LogP contribution >= 0.6 is 0 Å². The van der Waals surface area contributed by atoms with E-state index >= 15 is 0 Å². The van der Waals surface area contributed by atoms with Gasteiger partial charge in [0, 0.05) is 41.2 Å². The molecule has 0 atom stereocenters. The summed E-state index contributed by atoms with van der Waals surface area (Å²) in [6, 6.07) is 10.3. The average molecular weight is 494 g/mol. The highest BCUT2D eigenvalue weighted by Gasteiger charge is 2.23. The summed E-state index contributed by atoms with van der Waals surface area (Å²) in [5.74, 6) is -0.949. The van der Waals surface area contributed by atoms with Crippen LogP contribution in [0.15, 0.2) is 47.4 Å². The molecule has 2 aromatic heterocycles. The van der Waals surface area contributed by atoms with E-state index in [9.17, 15) is 14.0 Å². The molecule has 0 unspecified atom stereocenters. The second kappa shape index (κ2) is 10.6. The van der Waals surface area contributed by atoms with Gasteiger partial charge in [0.2, 0.25) is 0 Å². The molecule has 0 spiro atoms. The second-order valence-corrected chi connectivity index (χ2v) is 9.25. The van der Waals surface area contributed by atoms with Gasteiger partial charge in [0.15, 0.2) is 0 Å². The van der Waals surface area contributed by atoms with Crippen LogP contribution in [0.5, 0.6) is 0 Å². The van der Waals surface area contributed by atoms with E-state index in [-0.39, 0.29) is 30.0 Å². The van der Waals surface area contributed by atoms with E-state index in [4.69, 9.17) is 14.6 Å². The number of nitrogens with zero attached hydrogens (tertiary/aromatic N) is 1. The molecular weight excluding hydrogens is 465 g/mol. The van der Waals surface area contributed by atoms with Crippen molar-refractivity contribution in [3.8, 4) is 11.1 Å². The lowest BCUT2D eigenvalue weighted by molar-refractivity contribution is -0.146. The summed E-state index contributed by atoms with van der Waals surface area (Å²) in [5.41, 5.74) is 3.46. The topological polar surface area (TPSA) is 117 Å². The number of halogens is 1. The first-order valence-electron chi connectivity index (χ1n) is 12.2. The molecular formula is C27H28FN3O5. The summed E-state index contributed by atoms with van der Waals surface area (Å²) >= 11 is 0. The zero-order chi connectivity index (χ0) is 25.1. The largest absolute Gasteiger partial charge is 0.480 e. The van der Waals surface area contributed by atoms with Gasteiger partial charge in [0.25, 0.3) is 5.56 Å². The Kier molecular flexibility index (Phi) is 7.11. The maximum Gasteiger partial charge on any atom is 0.329 e. The van der Waals surface area contributed by atoms with E-state index in [0.29, 0.717) is 18.6 Å². The predicted molar refractivity (Wildman–Crippen MR) is 134 cm³/mol. The summed E-state index contributed by atoms with van der Waals surface area (Å²) in [5, 5.41) is 17.5. The molecule has 6 rings (SSSR count). The number of ether oxygens (including phenoxy) is 2. The number of carboxylic acids is 1. The third-order valence-electron chi connectivity index (χ3n) is 6.87. The molecule has 1 aliphatic carbocycles. The predicted octanol–water partition coefficient (Wildman–Crippen LogP) is 4.74. The SMILES string of the molecule is O=C(O)COC1CCC1.O=c1[nH]c(C2CCOCC2)c(-c2ccc(F)cc2)c2cc3cn[nH]c3cc12. The summed E-state index contributed by atoms with van der Waals surface area (Å²) in [6.07, 6.45) is 6.94. The van der Waals surface area contributed by atoms with Crippen LogP contribution in [0.4, 0.5) is 4.39 Å². The van der Waals surface area contributed by atoms with Crippen LogP contribution in [-0.4, -0.2) is 52.2 Å². The summed E-state index contributed by atoms with van der Waals surface area (Å²) in [7, 11) is 0. The van der Waals surface area contributed by atoms with E-state index in [1.807, 2.05) is 12.1 Å². The van der Waals surface area contributed by atoms with Crippen molar-refractivity contribution in [1.82, 2.24) is 15.2 Å². The lowest BCUT2D eigenvalue weighted by atomic mass is 9.87. The molecule has 2 aromatic carbocycles. The summed E-state index contributed by atoms with van der Waals surface area (Å²) < 4.78 is 23.9. The molecule has 3 heterocycles. The van der Waals surface area contributed by atoms with Crippen molar-refractivity contribution in [2.45, 2.75) is 44.1 Å². The Balaban J connectivity index is 0.000000252. The third kappa shape index (κ3) is 5.17. The Bertz CT molecular complexity index is 1420. The third-order valence-corrected chi connectivity index (χ3v) is 6.87. The van der Waals surface area contributed by atoms with Crippen molar-refractivity contribution in [2.75, 3.05) is 19.8 Å². The molecule has 1 saturated carbocycles. The monoisotopic (exact) mass is 493 g/mol. The number of H-pyrrole nitrogens is 2. The Labute approximate surface area is 206 Å². The molecule has 36 heavy (non-hydrogen) atoms. The summed E-state index contributed by atoms with van der Waals surface area (Å²) in [4.78, 5) is 25.9. The number of hydrogen-bond acceptors (Lipinski definition) is 5. The number of pyridine rings is 1. The fourth-order valence-corrected chi connectivity index (χ4v) is 4.73. The number of aliphatic carboxylic acids is 1. The minimum Gasteiger partial charge on any atom is -0.480 e. The van der Waals surface area contributed by atoms with Crippen molar-refractivity contribution in [2.24, 2.45) is 0 Å². The Morgan fingerprint density at radius 3 is 2.53 bits per heavy atom. The molecule has 8 nitrogen and oxygen atoms in total. The van der Waals surface area contributed by atoms with E-state index < -0.39 is 5.97 Å². The molecule has 188 valence electrons. The Morgan fingerprint density at radius 1 is 1.11 bits per heavy atom. The number of fused-ring (bicyclic) bond motifs is 2. The molecule has 4 aromatic rings. The van der Waals surface area contributed by atoms with Crippen LogP contribution in [0.25, 0.3) is 32.8 Å². The minimum absolute atomic E-state index is 0.117. The molecule has 1 saturated heterocycles. The van der Waals surface area contributed by atoms with Gasteiger partial charge >= 0.3 is 5.97 Å². The van der Waals surface area contributed by atoms with E-state index in [0.717, 1.165) is 58.8 Å². The molecule has 3 N–H and O–H groups in total. The van der Waals surface area contributed by atoms with Crippen LogP contribution < -0.4 is 5.56 Å². The molecule has 9 heteroatoms. The van der Waals surface area contributed by atoms with Gasteiger partial charge in [-0.25, -0.2) is 9.18 Å². The number of carbonyl (C=O) groups is 1. The van der Waals surface area contributed by atoms with Gasteiger partial charge in [-0.15, -0.1) is 0 Å². The maximum atomic E-state index is 13.5. The Hall–Kier alpha value is -3.56. The Morgan fingerprint density at radius 2 is 1.86 bits per heavy atom. The second-order valence-electron chi connectivity index (χ2n) is 9.25. The smallest absolute Gasteiger partial charge is 0.329 e. The molecule has 0 radical (unpaired) electrons.